The van der Waals surface area contributed by atoms with Gasteiger partial charge >= 0.3 is 11.9 Å². The second kappa shape index (κ2) is 9.78. The fourth-order valence-corrected chi connectivity index (χ4v) is 1.61. The Morgan fingerprint density at radius 3 is 2.08 bits per heavy atom. The van der Waals surface area contributed by atoms with Crippen LogP contribution < -0.4 is 0 Å². The van der Waals surface area contributed by atoms with E-state index >= 15 is 0 Å². The van der Waals surface area contributed by atoms with Gasteiger partial charge in [-0.2, -0.15) is 0 Å². The van der Waals surface area contributed by atoms with E-state index in [0.717, 1.165) is 0 Å². The molecule has 0 aliphatic carbocycles. The van der Waals surface area contributed by atoms with E-state index in [2.05, 4.69) is 9.97 Å². The van der Waals surface area contributed by atoms with Gasteiger partial charge in [0.1, 0.15) is 11.4 Å². The van der Waals surface area contributed by atoms with Crippen molar-refractivity contribution in [2.24, 2.45) is 0 Å². The van der Waals surface area contributed by atoms with E-state index in [1.165, 1.54) is 24.4 Å². The molecule has 0 aliphatic rings. The Kier molecular flexibility index (Phi) is 7.69. The van der Waals surface area contributed by atoms with Crippen molar-refractivity contribution in [2.45, 2.75) is 13.8 Å². The molecule has 0 unspecified atom stereocenters. The highest BCUT2D eigenvalue weighted by atomic mass is 16.5. The van der Waals surface area contributed by atoms with Crippen LogP contribution >= 0.6 is 0 Å². The summed E-state index contributed by atoms with van der Waals surface area (Å²) in [6, 6.07) is 4.49. The summed E-state index contributed by atoms with van der Waals surface area (Å²) < 4.78 is 9.40. The number of H-pyrrole nitrogens is 2. The van der Waals surface area contributed by atoms with Crippen LogP contribution in [0.5, 0.6) is 0 Å². The van der Waals surface area contributed by atoms with Crippen LogP contribution in [-0.2, 0) is 9.47 Å². The fourth-order valence-electron chi connectivity index (χ4n) is 1.61. The van der Waals surface area contributed by atoms with E-state index in [1.54, 1.807) is 13.8 Å². The van der Waals surface area contributed by atoms with Crippen molar-refractivity contribution >= 4 is 24.5 Å². The lowest BCUT2D eigenvalue weighted by atomic mass is 10.3. The number of aldehydes is 2. The van der Waals surface area contributed by atoms with E-state index in [-0.39, 0.29) is 0 Å². The highest BCUT2D eigenvalue weighted by Crippen LogP contribution is 2.02. The molecule has 0 aliphatic heterocycles. The Bertz CT molecular complexity index is 641. The Labute approximate surface area is 138 Å². The van der Waals surface area contributed by atoms with E-state index in [9.17, 15) is 19.2 Å². The first-order chi connectivity index (χ1) is 11.5. The Balaban J connectivity index is 0.000000240. The van der Waals surface area contributed by atoms with Crippen molar-refractivity contribution in [1.29, 1.82) is 0 Å². The van der Waals surface area contributed by atoms with Crippen molar-refractivity contribution in [2.75, 3.05) is 13.2 Å². The van der Waals surface area contributed by atoms with Crippen molar-refractivity contribution in [3.63, 3.8) is 0 Å². The van der Waals surface area contributed by atoms with Crippen LogP contribution in [0.25, 0.3) is 0 Å². The van der Waals surface area contributed by atoms with Crippen LogP contribution in [0.2, 0.25) is 0 Å². The average Bonchev–Trinajstić information content (AvgIpc) is 3.25. The number of aromatic nitrogens is 2. The summed E-state index contributed by atoms with van der Waals surface area (Å²) in [6.45, 7) is 4.10. The Hall–Kier alpha value is -3.16. The van der Waals surface area contributed by atoms with Crippen LogP contribution in [0.3, 0.4) is 0 Å². The van der Waals surface area contributed by atoms with E-state index in [1.807, 2.05) is 0 Å². The molecule has 2 heterocycles. The molecule has 0 radical (unpaired) electrons. The van der Waals surface area contributed by atoms with Gasteiger partial charge < -0.3 is 19.4 Å². The molecule has 0 saturated carbocycles. The second-order valence-electron chi connectivity index (χ2n) is 4.35. The minimum absolute atomic E-state index is 0.305. The van der Waals surface area contributed by atoms with Crippen LogP contribution in [0.4, 0.5) is 0 Å². The third-order valence-electron chi connectivity index (χ3n) is 2.67. The zero-order valence-electron chi connectivity index (χ0n) is 13.3. The summed E-state index contributed by atoms with van der Waals surface area (Å²) in [6.07, 6.45) is 2.77. The summed E-state index contributed by atoms with van der Waals surface area (Å²) in [4.78, 5) is 47.7. The molecule has 2 N–H and O–H groups in total. The normalized spacial score (nSPS) is 9.42. The van der Waals surface area contributed by atoms with Crippen LogP contribution in [0.1, 0.15) is 55.7 Å². The molecule has 2 aromatic rings. The van der Waals surface area contributed by atoms with E-state index in [0.29, 0.717) is 48.4 Å². The first kappa shape index (κ1) is 18.9. The third-order valence-corrected chi connectivity index (χ3v) is 2.67. The molecule has 8 nitrogen and oxygen atoms in total. The number of carbonyl (C=O) groups excluding carboxylic acids is 4. The number of ether oxygens (including phenoxy) is 2. The maximum atomic E-state index is 11.0. The molecule has 24 heavy (non-hydrogen) atoms. The van der Waals surface area contributed by atoms with Gasteiger partial charge in [0.15, 0.2) is 12.6 Å². The van der Waals surface area contributed by atoms with Gasteiger partial charge in [0.05, 0.1) is 18.9 Å². The van der Waals surface area contributed by atoms with Crippen LogP contribution in [0, 0.1) is 0 Å². The predicted octanol–water partition coefficient (Wildman–Crippen LogP) is 2.01. The monoisotopic (exact) mass is 334 g/mol. The molecule has 0 atom stereocenters. The van der Waals surface area contributed by atoms with Crippen molar-refractivity contribution in [3.8, 4) is 0 Å². The van der Waals surface area contributed by atoms with E-state index < -0.39 is 11.9 Å². The highest BCUT2D eigenvalue weighted by molar-refractivity contribution is 5.90. The number of hydrogen-bond donors (Lipinski definition) is 2. The van der Waals surface area contributed by atoms with Gasteiger partial charge in [-0.15, -0.1) is 0 Å². The van der Waals surface area contributed by atoms with E-state index in [4.69, 9.17) is 9.47 Å². The lowest BCUT2D eigenvalue weighted by molar-refractivity contribution is 0.0510. The summed E-state index contributed by atoms with van der Waals surface area (Å²) in [5, 5.41) is 0. The SMILES string of the molecule is CCOC(=O)c1cc(C=O)c[nH]1.CCOC(=O)c1ccc(C=O)[nH]1. The molecule has 0 saturated heterocycles. The number of esters is 2. The van der Waals surface area contributed by atoms with Gasteiger partial charge in [0, 0.05) is 11.8 Å². The maximum Gasteiger partial charge on any atom is 0.354 e. The second-order valence-corrected chi connectivity index (χ2v) is 4.35. The zero-order chi connectivity index (χ0) is 17.9. The van der Waals surface area contributed by atoms with Gasteiger partial charge in [-0.1, -0.05) is 0 Å². The highest BCUT2D eigenvalue weighted by Gasteiger charge is 2.08. The maximum absolute atomic E-state index is 11.0. The number of rotatable bonds is 6. The molecule has 128 valence electrons. The molecule has 0 bridgehead atoms. The summed E-state index contributed by atoms with van der Waals surface area (Å²) in [5.41, 5.74) is 1.43. The van der Waals surface area contributed by atoms with Crippen molar-refractivity contribution < 1.29 is 28.7 Å². The third kappa shape index (κ3) is 5.56. The fraction of sp³-hybridized carbons (Fsp3) is 0.250. The summed E-state index contributed by atoms with van der Waals surface area (Å²) in [5.74, 6) is -0.879. The van der Waals surface area contributed by atoms with Crippen LogP contribution in [-0.4, -0.2) is 47.7 Å². The minimum atomic E-state index is -0.439. The van der Waals surface area contributed by atoms with Gasteiger partial charge in [0.25, 0.3) is 0 Å². The molecule has 2 aromatic heterocycles. The molecule has 8 heteroatoms. The molecule has 0 fully saturated rings. The van der Waals surface area contributed by atoms with Gasteiger partial charge in [-0.3, -0.25) is 9.59 Å². The van der Waals surface area contributed by atoms with Crippen molar-refractivity contribution in [1.82, 2.24) is 9.97 Å². The standard InChI is InChI=1S/2C8H9NO3/c1-2-12-8(11)7-3-6(5-10)4-9-7;1-2-12-8(11)7-4-3-6(5-10)9-7/h2*3-5,9H,2H2,1H3. The molecular weight excluding hydrogens is 316 g/mol. The first-order valence-corrected chi connectivity index (χ1v) is 7.17. The molecule has 0 spiro atoms. The smallest absolute Gasteiger partial charge is 0.354 e. The number of nitrogens with one attached hydrogen (secondary N) is 2. The lowest BCUT2D eigenvalue weighted by Gasteiger charge is -1.96. The number of hydrogen-bond acceptors (Lipinski definition) is 6. The molecule has 2 rings (SSSR count). The van der Waals surface area contributed by atoms with Gasteiger partial charge in [-0.05, 0) is 32.0 Å². The Morgan fingerprint density at radius 2 is 1.62 bits per heavy atom. The lowest BCUT2D eigenvalue weighted by Crippen LogP contribution is -2.04. The first-order valence-electron chi connectivity index (χ1n) is 7.17. The average molecular weight is 334 g/mol. The largest absolute Gasteiger partial charge is 0.461 e. The summed E-state index contributed by atoms with van der Waals surface area (Å²) >= 11 is 0. The van der Waals surface area contributed by atoms with Gasteiger partial charge in [0.2, 0.25) is 0 Å². The van der Waals surface area contributed by atoms with Crippen LogP contribution in [0.15, 0.2) is 24.4 Å². The summed E-state index contributed by atoms with van der Waals surface area (Å²) in [7, 11) is 0. The molecule has 0 amide bonds. The quantitative estimate of drug-likeness (QED) is 0.616. The number of carbonyl (C=O) groups is 4. The zero-order valence-corrected chi connectivity index (χ0v) is 13.3. The Morgan fingerprint density at radius 1 is 1.00 bits per heavy atom. The minimum Gasteiger partial charge on any atom is -0.461 e. The molecular formula is C16H18N2O6. The van der Waals surface area contributed by atoms with Crippen molar-refractivity contribution in [3.05, 3.63) is 47.0 Å². The van der Waals surface area contributed by atoms with Gasteiger partial charge in [-0.25, -0.2) is 9.59 Å². The topological polar surface area (TPSA) is 118 Å². The predicted molar refractivity (Wildman–Crippen MR) is 84.3 cm³/mol. The number of aromatic amines is 2. The molecule has 0 aromatic carbocycles.